The maximum atomic E-state index is 13.6. The third-order valence-electron chi connectivity index (χ3n) is 6.85. The SMILES string of the molecule is CCN1CC(=O)N2[C@@H](CCC(=O)O)C(=O)N(Cc3ccc(OC)cc3)C[C@@H]2N1C(=O)NCc1ccccc1. The van der Waals surface area contributed by atoms with E-state index in [1.807, 2.05) is 49.4 Å². The van der Waals surface area contributed by atoms with Crippen LogP contribution in [0.3, 0.4) is 0 Å². The van der Waals surface area contributed by atoms with Gasteiger partial charge >= 0.3 is 12.0 Å². The number of nitrogens with zero attached hydrogens (tertiary/aromatic N) is 4. The molecule has 202 valence electrons. The van der Waals surface area contributed by atoms with Gasteiger partial charge in [0, 0.05) is 26.1 Å². The lowest BCUT2D eigenvalue weighted by molar-refractivity contribution is -0.191. The largest absolute Gasteiger partial charge is 0.497 e. The minimum Gasteiger partial charge on any atom is -0.497 e. The number of hydrazine groups is 1. The highest BCUT2D eigenvalue weighted by molar-refractivity contribution is 5.91. The topological polar surface area (TPSA) is 123 Å². The first kappa shape index (κ1) is 26.9. The number of ether oxygens (including phenoxy) is 1. The number of piperazine rings is 1. The van der Waals surface area contributed by atoms with Crippen molar-refractivity contribution in [3.05, 3.63) is 65.7 Å². The van der Waals surface area contributed by atoms with Crippen LogP contribution in [-0.4, -0.2) is 87.7 Å². The van der Waals surface area contributed by atoms with Crippen LogP contribution in [0.4, 0.5) is 4.79 Å². The van der Waals surface area contributed by atoms with E-state index in [0.29, 0.717) is 18.8 Å². The van der Waals surface area contributed by atoms with Gasteiger partial charge in [0.2, 0.25) is 11.8 Å². The smallest absolute Gasteiger partial charge is 0.334 e. The number of carboxylic acids is 1. The number of benzene rings is 2. The minimum atomic E-state index is -1.06. The number of carbonyl (C=O) groups excluding carboxylic acids is 3. The zero-order chi connectivity index (χ0) is 27.2. The van der Waals surface area contributed by atoms with Crippen LogP contribution in [0.1, 0.15) is 30.9 Å². The van der Waals surface area contributed by atoms with Crippen molar-refractivity contribution in [2.75, 3.05) is 26.7 Å². The molecule has 0 aliphatic carbocycles. The molecule has 2 aromatic rings. The molecule has 2 fully saturated rings. The number of aliphatic carboxylic acids is 1. The second kappa shape index (κ2) is 12.0. The van der Waals surface area contributed by atoms with Crippen LogP contribution < -0.4 is 10.1 Å². The number of amides is 4. The van der Waals surface area contributed by atoms with Crippen molar-refractivity contribution in [3.8, 4) is 5.75 Å². The summed E-state index contributed by atoms with van der Waals surface area (Å²) in [6.45, 7) is 2.81. The zero-order valence-electron chi connectivity index (χ0n) is 21.6. The molecule has 2 saturated heterocycles. The van der Waals surface area contributed by atoms with Gasteiger partial charge in [-0.1, -0.05) is 49.4 Å². The molecule has 0 saturated carbocycles. The fourth-order valence-electron chi connectivity index (χ4n) is 4.95. The van der Waals surface area contributed by atoms with E-state index in [1.165, 1.54) is 9.91 Å². The summed E-state index contributed by atoms with van der Waals surface area (Å²) in [6, 6.07) is 15.4. The Morgan fingerprint density at radius 1 is 1.05 bits per heavy atom. The van der Waals surface area contributed by atoms with E-state index in [1.54, 1.807) is 29.2 Å². The van der Waals surface area contributed by atoms with E-state index < -0.39 is 24.2 Å². The Balaban J connectivity index is 1.63. The standard InChI is InChI=1S/C27H33N5O6/c1-3-30-18-24(33)31-22(13-14-25(34)35)26(36)29(16-20-9-11-21(38-2)12-10-20)17-23(31)32(30)27(37)28-15-19-7-5-4-6-8-19/h4-12,22-23H,3,13-18H2,1-2H3,(H,28,37)(H,34,35)/t22-,23-/m0/s1. The van der Waals surface area contributed by atoms with E-state index in [-0.39, 0.29) is 44.3 Å². The predicted octanol–water partition coefficient (Wildman–Crippen LogP) is 1.89. The fraction of sp³-hybridized carbons (Fsp3) is 0.407. The van der Waals surface area contributed by atoms with Crippen LogP contribution in [0.15, 0.2) is 54.6 Å². The lowest BCUT2D eigenvalue weighted by Crippen LogP contribution is -2.76. The number of carboxylic acid groups (broad SMARTS) is 1. The number of rotatable bonds is 9. The van der Waals surface area contributed by atoms with Gasteiger partial charge in [0.05, 0.1) is 20.2 Å². The Hall–Kier alpha value is -4.12. The van der Waals surface area contributed by atoms with Gasteiger partial charge in [0.1, 0.15) is 18.0 Å². The number of urea groups is 1. The van der Waals surface area contributed by atoms with Gasteiger partial charge in [0.25, 0.3) is 0 Å². The van der Waals surface area contributed by atoms with Crippen molar-refractivity contribution >= 4 is 23.8 Å². The van der Waals surface area contributed by atoms with Gasteiger partial charge in [-0.3, -0.25) is 14.4 Å². The first-order valence-electron chi connectivity index (χ1n) is 12.6. The van der Waals surface area contributed by atoms with Crippen molar-refractivity contribution in [3.63, 3.8) is 0 Å². The molecule has 0 spiro atoms. The highest BCUT2D eigenvalue weighted by Gasteiger charge is 2.51. The molecular weight excluding hydrogens is 490 g/mol. The number of fused-ring (bicyclic) bond motifs is 1. The third kappa shape index (κ3) is 5.88. The molecule has 2 atom stereocenters. The predicted molar refractivity (Wildman–Crippen MR) is 137 cm³/mol. The maximum Gasteiger partial charge on any atom is 0.334 e. The van der Waals surface area contributed by atoms with Gasteiger partial charge in [-0.25, -0.2) is 14.8 Å². The van der Waals surface area contributed by atoms with Crippen molar-refractivity contribution < 1.29 is 29.0 Å². The molecule has 0 bridgehead atoms. The second-order valence-corrected chi connectivity index (χ2v) is 9.27. The Morgan fingerprint density at radius 2 is 1.76 bits per heavy atom. The Labute approximate surface area is 221 Å². The summed E-state index contributed by atoms with van der Waals surface area (Å²) in [6.07, 6.45) is -1.09. The third-order valence-corrected chi connectivity index (χ3v) is 6.85. The number of methoxy groups -OCH3 is 1. The zero-order valence-corrected chi connectivity index (χ0v) is 21.6. The molecule has 11 nitrogen and oxygen atoms in total. The summed E-state index contributed by atoms with van der Waals surface area (Å²) < 4.78 is 5.22. The molecule has 2 N–H and O–H groups in total. The number of carbonyl (C=O) groups is 4. The van der Waals surface area contributed by atoms with Crippen LogP contribution in [0.25, 0.3) is 0 Å². The lowest BCUT2D eigenvalue weighted by atomic mass is 10.0. The normalized spacial score (nSPS) is 19.8. The van der Waals surface area contributed by atoms with E-state index in [2.05, 4.69) is 5.32 Å². The molecule has 2 aromatic carbocycles. The Bertz CT molecular complexity index is 1160. The number of likely N-dealkylation sites (N-methyl/N-ethyl adjacent to an activating group) is 1. The molecule has 0 aromatic heterocycles. The average Bonchev–Trinajstić information content (AvgIpc) is 2.92. The molecule has 2 aliphatic rings. The van der Waals surface area contributed by atoms with Crippen LogP contribution in [-0.2, 0) is 27.5 Å². The molecule has 2 heterocycles. The first-order valence-corrected chi connectivity index (χ1v) is 12.6. The molecule has 11 heteroatoms. The molecule has 2 aliphatic heterocycles. The fourth-order valence-corrected chi connectivity index (χ4v) is 4.95. The maximum absolute atomic E-state index is 13.6. The van der Waals surface area contributed by atoms with Crippen LogP contribution in [0.5, 0.6) is 5.75 Å². The van der Waals surface area contributed by atoms with E-state index in [9.17, 15) is 24.3 Å². The van der Waals surface area contributed by atoms with Gasteiger partial charge in [0.15, 0.2) is 0 Å². The van der Waals surface area contributed by atoms with E-state index in [4.69, 9.17) is 4.74 Å². The van der Waals surface area contributed by atoms with Crippen LogP contribution in [0, 0.1) is 0 Å². The molecule has 0 radical (unpaired) electrons. The van der Waals surface area contributed by atoms with Crippen molar-refractivity contribution in [1.29, 1.82) is 0 Å². The summed E-state index contributed by atoms with van der Waals surface area (Å²) in [5.41, 5.74) is 1.77. The summed E-state index contributed by atoms with van der Waals surface area (Å²) in [4.78, 5) is 54.8. The van der Waals surface area contributed by atoms with Gasteiger partial charge < -0.3 is 25.0 Å². The quantitative estimate of drug-likeness (QED) is 0.515. The Morgan fingerprint density at radius 3 is 2.39 bits per heavy atom. The van der Waals surface area contributed by atoms with E-state index >= 15 is 0 Å². The van der Waals surface area contributed by atoms with Crippen molar-refractivity contribution in [2.24, 2.45) is 0 Å². The van der Waals surface area contributed by atoms with Crippen LogP contribution in [0.2, 0.25) is 0 Å². The molecule has 4 amide bonds. The molecular formula is C27H33N5O6. The molecule has 4 rings (SSSR count). The highest BCUT2D eigenvalue weighted by Crippen LogP contribution is 2.29. The van der Waals surface area contributed by atoms with E-state index in [0.717, 1.165) is 11.1 Å². The highest BCUT2D eigenvalue weighted by atomic mass is 16.5. The summed E-state index contributed by atoms with van der Waals surface area (Å²) in [5, 5.41) is 15.4. The minimum absolute atomic E-state index is 0.0406. The number of nitrogens with one attached hydrogen (secondary N) is 1. The van der Waals surface area contributed by atoms with Crippen molar-refractivity contribution in [1.82, 2.24) is 25.1 Å². The molecule has 0 unspecified atom stereocenters. The van der Waals surface area contributed by atoms with Crippen molar-refractivity contribution in [2.45, 2.75) is 45.1 Å². The average molecular weight is 524 g/mol. The monoisotopic (exact) mass is 523 g/mol. The van der Waals surface area contributed by atoms with Gasteiger partial charge in [-0.2, -0.15) is 0 Å². The summed E-state index contributed by atoms with van der Waals surface area (Å²) in [7, 11) is 1.57. The summed E-state index contributed by atoms with van der Waals surface area (Å²) in [5.74, 6) is -1.02. The summed E-state index contributed by atoms with van der Waals surface area (Å²) >= 11 is 0. The second-order valence-electron chi connectivity index (χ2n) is 9.27. The number of hydrogen-bond acceptors (Lipinski definition) is 6. The van der Waals surface area contributed by atoms with Gasteiger partial charge in [-0.15, -0.1) is 0 Å². The first-order chi connectivity index (χ1) is 18.3. The molecule has 38 heavy (non-hydrogen) atoms. The lowest BCUT2D eigenvalue weighted by Gasteiger charge is -2.55. The van der Waals surface area contributed by atoms with Gasteiger partial charge in [-0.05, 0) is 29.7 Å². The van der Waals surface area contributed by atoms with Crippen LogP contribution >= 0.6 is 0 Å². The number of hydrogen-bond donors (Lipinski definition) is 2. The Kier molecular flexibility index (Phi) is 8.47.